The van der Waals surface area contributed by atoms with Gasteiger partial charge in [-0.25, -0.2) is 0 Å². The number of ether oxygens (including phenoxy) is 4. The van der Waals surface area contributed by atoms with Gasteiger partial charge in [-0.15, -0.1) is 0 Å². The number of carbonyl (C=O) groups is 2. The number of amides is 2. The molecule has 2 aliphatic rings. The fraction of sp³-hybridized carbons (Fsp3) is 0.375. The van der Waals surface area contributed by atoms with Gasteiger partial charge in [-0.3, -0.25) is 14.5 Å². The minimum atomic E-state index is -0.668. The Hall–Kier alpha value is -4.08. The van der Waals surface area contributed by atoms with Gasteiger partial charge >= 0.3 is 0 Å². The molecule has 0 radical (unpaired) electrons. The van der Waals surface area contributed by atoms with E-state index in [4.69, 9.17) is 18.9 Å². The first kappa shape index (κ1) is 28.4. The van der Waals surface area contributed by atoms with Crippen LogP contribution in [-0.2, 0) is 9.53 Å². The highest BCUT2D eigenvalue weighted by Gasteiger charge is 2.44. The molecule has 2 aliphatic heterocycles. The molecular weight excluding hydrogens is 522 g/mol. The highest BCUT2D eigenvalue weighted by atomic mass is 16.5. The molecule has 3 aromatic rings. The first-order valence-corrected chi connectivity index (χ1v) is 14.0. The highest BCUT2D eigenvalue weighted by molar-refractivity contribution is 6.04. The molecular formula is C32H37N3O6. The van der Waals surface area contributed by atoms with Gasteiger partial charge in [0.25, 0.3) is 5.91 Å². The van der Waals surface area contributed by atoms with E-state index in [-0.39, 0.29) is 11.8 Å². The van der Waals surface area contributed by atoms with E-state index >= 15 is 0 Å². The number of nitrogens with one attached hydrogen (secondary N) is 1. The summed E-state index contributed by atoms with van der Waals surface area (Å²) in [6.45, 7) is 6.62. The van der Waals surface area contributed by atoms with E-state index in [1.165, 1.54) is 0 Å². The molecule has 1 saturated heterocycles. The topological polar surface area (TPSA) is 89.6 Å². The zero-order valence-corrected chi connectivity index (χ0v) is 23.8. The Morgan fingerprint density at radius 3 is 2.39 bits per heavy atom. The lowest BCUT2D eigenvalue weighted by Crippen LogP contribution is -2.49. The third-order valence-electron chi connectivity index (χ3n) is 7.68. The van der Waals surface area contributed by atoms with Gasteiger partial charge in [0.15, 0.2) is 0 Å². The van der Waals surface area contributed by atoms with Crippen molar-refractivity contribution in [3.05, 3.63) is 83.4 Å². The van der Waals surface area contributed by atoms with Crippen LogP contribution in [0, 0.1) is 0 Å². The molecule has 0 spiro atoms. The summed E-state index contributed by atoms with van der Waals surface area (Å²) in [6.07, 6.45) is 0. The average Bonchev–Trinajstić information content (AvgIpc) is 3.01. The standard InChI is InChI=1S/C32H37N3O6/c1-4-41-23-11-9-22(10-12-23)30-29(31(36)33-27-14-13-24(38-2)21-28(27)39-3)25-7-5-6-8-26(25)32(37)35(30)16-15-34-17-19-40-20-18-34/h5-14,21,29-30H,4,15-20H2,1-3H3,(H,33,36)/t29-,30-/m0/s1. The molecule has 0 unspecified atom stereocenters. The zero-order chi connectivity index (χ0) is 28.8. The van der Waals surface area contributed by atoms with E-state index in [9.17, 15) is 9.59 Å². The summed E-state index contributed by atoms with van der Waals surface area (Å²) in [6, 6.07) is 19.8. The smallest absolute Gasteiger partial charge is 0.254 e. The van der Waals surface area contributed by atoms with Gasteiger partial charge in [0, 0.05) is 37.8 Å². The van der Waals surface area contributed by atoms with Gasteiger partial charge in [-0.2, -0.15) is 0 Å². The van der Waals surface area contributed by atoms with Crippen LogP contribution in [0.2, 0.25) is 0 Å². The molecule has 1 fully saturated rings. The summed E-state index contributed by atoms with van der Waals surface area (Å²) in [4.78, 5) is 32.5. The molecule has 0 aromatic heterocycles. The molecule has 2 heterocycles. The van der Waals surface area contributed by atoms with Gasteiger partial charge in [0.1, 0.15) is 17.2 Å². The first-order chi connectivity index (χ1) is 20.0. The Bertz CT molecular complexity index is 1360. The summed E-state index contributed by atoms with van der Waals surface area (Å²) >= 11 is 0. The van der Waals surface area contributed by atoms with Crippen LogP contribution in [0.25, 0.3) is 0 Å². The van der Waals surface area contributed by atoms with Gasteiger partial charge in [-0.05, 0) is 48.4 Å². The van der Waals surface area contributed by atoms with E-state index in [1.54, 1.807) is 32.4 Å². The molecule has 216 valence electrons. The number of hydrogen-bond acceptors (Lipinski definition) is 7. The molecule has 1 N–H and O–H groups in total. The largest absolute Gasteiger partial charge is 0.497 e. The summed E-state index contributed by atoms with van der Waals surface area (Å²) < 4.78 is 22.1. The molecule has 0 saturated carbocycles. The molecule has 9 heteroatoms. The Kier molecular flexibility index (Phi) is 9.06. The summed E-state index contributed by atoms with van der Waals surface area (Å²) in [5, 5.41) is 3.09. The molecule has 41 heavy (non-hydrogen) atoms. The number of anilines is 1. The van der Waals surface area contributed by atoms with Crippen molar-refractivity contribution in [3.63, 3.8) is 0 Å². The van der Waals surface area contributed by atoms with Crippen LogP contribution in [0.15, 0.2) is 66.7 Å². The number of fused-ring (bicyclic) bond motifs is 1. The molecule has 3 aromatic carbocycles. The van der Waals surface area contributed by atoms with Crippen molar-refractivity contribution >= 4 is 17.5 Å². The number of hydrogen-bond donors (Lipinski definition) is 1. The minimum absolute atomic E-state index is 0.0844. The van der Waals surface area contributed by atoms with Crippen molar-refractivity contribution in [2.45, 2.75) is 18.9 Å². The van der Waals surface area contributed by atoms with Crippen molar-refractivity contribution in [3.8, 4) is 17.2 Å². The normalized spacial score (nSPS) is 18.9. The number of morpholine rings is 1. The van der Waals surface area contributed by atoms with Gasteiger partial charge in [0.2, 0.25) is 5.91 Å². The summed E-state index contributed by atoms with van der Waals surface area (Å²) in [7, 11) is 3.13. The predicted octanol–water partition coefficient (Wildman–Crippen LogP) is 4.35. The van der Waals surface area contributed by atoms with Crippen LogP contribution < -0.4 is 19.5 Å². The van der Waals surface area contributed by atoms with Crippen molar-refractivity contribution < 1.29 is 28.5 Å². The maximum absolute atomic E-state index is 14.3. The highest BCUT2D eigenvalue weighted by Crippen LogP contribution is 2.44. The predicted molar refractivity (Wildman–Crippen MR) is 156 cm³/mol. The van der Waals surface area contributed by atoms with Gasteiger partial charge in [0.05, 0.1) is 51.7 Å². The van der Waals surface area contributed by atoms with Crippen LogP contribution >= 0.6 is 0 Å². The summed E-state index contributed by atoms with van der Waals surface area (Å²) in [5.74, 6) is 0.859. The van der Waals surface area contributed by atoms with Gasteiger partial charge < -0.3 is 29.2 Å². The number of methoxy groups -OCH3 is 2. The molecule has 0 bridgehead atoms. The third-order valence-corrected chi connectivity index (χ3v) is 7.68. The van der Waals surface area contributed by atoms with Crippen molar-refractivity contribution in [2.75, 3.05) is 65.5 Å². The lowest BCUT2D eigenvalue weighted by molar-refractivity contribution is -0.119. The van der Waals surface area contributed by atoms with Crippen molar-refractivity contribution in [2.24, 2.45) is 0 Å². The second kappa shape index (κ2) is 13.1. The molecule has 2 atom stereocenters. The zero-order valence-electron chi connectivity index (χ0n) is 23.8. The number of rotatable bonds is 10. The Morgan fingerprint density at radius 1 is 0.951 bits per heavy atom. The summed E-state index contributed by atoms with van der Waals surface area (Å²) in [5.41, 5.74) is 2.63. The van der Waals surface area contributed by atoms with Crippen LogP contribution in [0.3, 0.4) is 0 Å². The number of nitrogens with zero attached hydrogens (tertiary/aromatic N) is 2. The Morgan fingerprint density at radius 2 is 1.68 bits per heavy atom. The fourth-order valence-electron chi connectivity index (χ4n) is 5.61. The van der Waals surface area contributed by atoms with E-state index in [2.05, 4.69) is 10.2 Å². The maximum Gasteiger partial charge on any atom is 0.254 e. The van der Waals surface area contributed by atoms with E-state index in [1.807, 2.05) is 60.4 Å². The average molecular weight is 560 g/mol. The van der Waals surface area contributed by atoms with Crippen LogP contribution in [0.4, 0.5) is 5.69 Å². The fourth-order valence-corrected chi connectivity index (χ4v) is 5.61. The first-order valence-electron chi connectivity index (χ1n) is 14.0. The molecule has 0 aliphatic carbocycles. The van der Waals surface area contributed by atoms with E-state index in [0.29, 0.717) is 61.2 Å². The maximum atomic E-state index is 14.3. The Balaban J connectivity index is 1.55. The SMILES string of the molecule is CCOc1ccc([C@H]2[C@@H](C(=O)Nc3ccc(OC)cc3OC)c3ccccc3C(=O)N2CCN2CCOCC2)cc1. The van der Waals surface area contributed by atoms with Gasteiger partial charge in [-0.1, -0.05) is 30.3 Å². The quantitative estimate of drug-likeness (QED) is 0.395. The number of carbonyl (C=O) groups excluding carboxylic acids is 2. The van der Waals surface area contributed by atoms with Crippen LogP contribution in [0.1, 0.15) is 40.4 Å². The minimum Gasteiger partial charge on any atom is -0.497 e. The van der Waals surface area contributed by atoms with Crippen LogP contribution in [-0.4, -0.2) is 81.8 Å². The lowest BCUT2D eigenvalue weighted by atomic mass is 9.79. The van der Waals surface area contributed by atoms with Crippen LogP contribution in [0.5, 0.6) is 17.2 Å². The molecule has 2 amide bonds. The third kappa shape index (κ3) is 6.16. The van der Waals surface area contributed by atoms with E-state index in [0.717, 1.165) is 24.4 Å². The monoisotopic (exact) mass is 559 g/mol. The van der Waals surface area contributed by atoms with Crippen molar-refractivity contribution in [1.82, 2.24) is 9.80 Å². The van der Waals surface area contributed by atoms with Crippen molar-refractivity contribution in [1.29, 1.82) is 0 Å². The second-order valence-electron chi connectivity index (χ2n) is 10.0. The Labute approximate surface area is 240 Å². The number of benzene rings is 3. The molecule has 9 nitrogen and oxygen atoms in total. The second-order valence-corrected chi connectivity index (χ2v) is 10.0. The molecule has 5 rings (SSSR count). The lowest BCUT2D eigenvalue weighted by Gasteiger charge is -2.43. The van der Waals surface area contributed by atoms with E-state index < -0.39 is 12.0 Å².